The van der Waals surface area contributed by atoms with Crippen LogP contribution in [0, 0.1) is 10.8 Å². The van der Waals surface area contributed by atoms with Gasteiger partial charge in [0, 0.05) is 30.1 Å². The van der Waals surface area contributed by atoms with Crippen LogP contribution in [0.25, 0.3) is 0 Å². The molecule has 1 aliphatic heterocycles. The highest BCUT2D eigenvalue weighted by atomic mass is 32.2. The quantitative estimate of drug-likeness (QED) is 0.684. The van der Waals surface area contributed by atoms with Crippen LogP contribution in [0.5, 0.6) is 0 Å². The van der Waals surface area contributed by atoms with E-state index < -0.39 is 25.8 Å². The zero-order valence-corrected chi connectivity index (χ0v) is 21.0. The first kappa shape index (κ1) is 23.9. The van der Waals surface area contributed by atoms with Crippen molar-refractivity contribution in [3.8, 4) is 0 Å². The zero-order valence-electron chi connectivity index (χ0n) is 19.3. The fourth-order valence-corrected chi connectivity index (χ4v) is 8.06. The van der Waals surface area contributed by atoms with Crippen LogP contribution < -0.4 is 5.32 Å². The first-order valence-electron chi connectivity index (χ1n) is 10.9. The van der Waals surface area contributed by atoms with Gasteiger partial charge in [0.15, 0.2) is 9.84 Å². The summed E-state index contributed by atoms with van der Waals surface area (Å²) in [7, 11) is -7.08. The molecule has 2 fully saturated rings. The summed E-state index contributed by atoms with van der Waals surface area (Å²) in [6, 6.07) is 11.9. The molecule has 0 radical (unpaired) electrons. The Labute approximate surface area is 196 Å². The van der Waals surface area contributed by atoms with Crippen molar-refractivity contribution in [1.29, 1.82) is 0 Å². The number of anilines is 1. The number of amides is 1. The zero-order chi connectivity index (χ0) is 24.2. The highest BCUT2D eigenvalue weighted by molar-refractivity contribution is 7.90. The van der Waals surface area contributed by atoms with Crippen molar-refractivity contribution in [2.24, 2.45) is 10.8 Å². The number of hydrogen-bond donors (Lipinski definition) is 1. The number of nitrogens with zero attached hydrogens (tertiary/aromatic N) is 1. The smallest absolute Gasteiger partial charge is 0.255 e. The van der Waals surface area contributed by atoms with Crippen molar-refractivity contribution < 1.29 is 21.6 Å². The largest absolute Gasteiger partial charge is 0.322 e. The van der Waals surface area contributed by atoms with Crippen LogP contribution in [-0.4, -0.2) is 45.9 Å². The van der Waals surface area contributed by atoms with Gasteiger partial charge in [-0.2, -0.15) is 4.31 Å². The van der Waals surface area contributed by atoms with Crippen LogP contribution in [0.1, 0.15) is 50.4 Å². The average molecular weight is 491 g/mol. The van der Waals surface area contributed by atoms with E-state index in [4.69, 9.17) is 0 Å². The van der Waals surface area contributed by atoms with E-state index in [1.807, 2.05) is 0 Å². The predicted molar refractivity (Wildman–Crippen MR) is 127 cm³/mol. The number of sulfonamides is 1. The number of carbonyl (C=O) groups is 1. The van der Waals surface area contributed by atoms with Crippen LogP contribution in [-0.2, 0) is 19.9 Å². The van der Waals surface area contributed by atoms with Crippen molar-refractivity contribution in [3.05, 3.63) is 54.1 Å². The molecular formula is C24H30N2O5S2. The Hall–Kier alpha value is -2.23. The Balaban J connectivity index is 1.56. The van der Waals surface area contributed by atoms with Crippen LogP contribution >= 0.6 is 0 Å². The molecule has 178 valence electrons. The number of rotatable bonds is 5. The van der Waals surface area contributed by atoms with Gasteiger partial charge < -0.3 is 5.32 Å². The summed E-state index contributed by atoms with van der Waals surface area (Å²) in [5.41, 5.74) is 0.698. The van der Waals surface area contributed by atoms with Crippen molar-refractivity contribution in [2.45, 2.75) is 55.9 Å². The highest BCUT2D eigenvalue weighted by Gasteiger charge is 2.53. The first-order chi connectivity index (χ1) is 15.2. The number of hydrogen-bond acceptors (Lipinski definition) is 5. The summed E-state index contributed by atoms with van der Waals surface area (Å²) in [4.78, 5) is 13.0. The standard InChI is InChI=1S/C24H30N2O5S2/c1-23(2)13-19-14-24(3,15-23)16-26(19)33(30,31)21-7-5-6-17(12-21)22(27)25-18-8-10-20(11-9-18)32(4,28)29/h5-12,19H,13-16H2,1-4H3,(H,25,27). The van der Waals surface area contributed by atoms with Crippen molar-refractivity contribution >= 4 is 31.5 Å². The molecule has 2 aliphatic rings. The van der Waals surface area contributed by atoms with E-state index in [2.05, 4.69) is 26.1 Å². The third-order valence-electron chi connectivity index (χ3n) is 6.61. The van der Waals surface area contributed by atoms with Crippen LogP contribution in [0.15, 0.2) is 58.3 Å². The molecular weight excluding hydrogens is 460 g/mol. The molecule has 2 aromatic carbocycles. The van der Waals surface area contributed by atoms with Gasteiger partial charge in [-0.15, -0.1) is 0 Å². The van der Waals surface area contributed by atoms with Crippen molar-refractivity contribution in [1.82, 2.24) is 4.31 Å². The lowest BCUT2D eigenvalue weighted by atomic mass is 9.65. The van der Waals surface area contributed by atoms with Gasteiger partial charge in [-0.1, -0.05) is 26.8 Å². The lowest BCUT2D eigenvalue weighted by molar-refractivity contribution is 0.102. The van der Waals surface area contributed by atoms with Crippen LogP contribution in [0.4, 0.5) is 5.69 Å². The Kier molecular flexibility index (Phi) is 5.74. The fraction of sp³-hybridized carbons (Fsp3) is 0.458. The summed E-state index contributed by atoms with van der Waals surface area (Å²) >= 11 is 0. The molecule has 9 heteroatoms. The summed E-state index contributed by atoms with van der Waals surface area (Å²) < 4.78 is 51.9. The van der Waals surface area contributed by atoms with E-state index in [9.17, 15) is 21.6 Å². The molecule has 0 aromatic heterocycles. The Bertz CT molecular complexity index is 1300. The normalized spacial score (nSPS) is 25.0. The highest BCUT2D eigenvalue weighted by Crippen LogP contribution is 2.53. The van der Waals surface area contributed by atoms with Crippen molar-refractivity contribution in [3.63, 3.8) is 0 Å². The molecule has 1 heterocycles. The van der Waals surface area contributed by atoms with Gasteiger partial charge in [0.2, 0.25) is 10.0 Å². The second-order valence-electron chi connectivity index (χ2n) is 10.5. The SMILES string of the molecule is CC1(C)CC2CC(C)(CN2S(=O)(=O)c2cccc(C(=O)Nc3ccc(S(C)(=O)=O)cc3)c2)C1. The van der Waals surface area contributed by atoms with Gasteiger partial charge in [0.1, 0.15) is 0 Å². The van der Waals surface area contributed by atoms with Crippen molar-refractivity contribution in [2.75, 3.05) is 18.1 Å². The molecule has 1 amide bonds. The number of sulfone groups is 1. The molecule has 33 heavy (non-hydrogen) atoms. The van der Waals surface area contributed by atoms with E-state index in [1.165, 1.54) is 36.4 Å². The van der Waals surface area contributed by atoms with Gasteiger partial charge in [0.25, 0.3) is 5.91 Å². The molecule has 2 bridgehead atoms. The van der Waals surface area contributed by atoms with E-state index in [1.54, 1.807) is 16.4 Å². The maximum Gasteiger partial charge on any atom is 0.255 e. The minimum Gasteiger partial charge on any atom is -0.322 e. The summed E-state index contributed by atoms with van der Waals surface area (Å²) in [5.74, 6) is -0.465. The van der Waals surface area contributed by atoms with Gasteiger partial charge >= 0.3 is 0 Å². The third-order valence-corrected chi connectivity index (χ3v) is 9.63. The Morgan fingerprint density at radius 1 is 0.970 bits per heavy atom. The molecule has 7 nitrogen and oxygen atoms in total. The number of fused-ring (bicyclic) bond motifs is 2. The van der Waals surface area contributed by atoms with Gasteiger partial charge in [-0.05, 0) is 72.6 Å². The predicted octanol–water partition coefficient (Wildman–Crippen LogP) is 3.93. The lowest BCUT2D eigenvalue weighted by Gasteiger charge is -2.39. The lowest BCUT2D eigenvalue weighted by Crippen LogP contribution is -2.37. The van der Waals surface area contributed by atoms with E-state index in [-0.39, 0.29) is 32.2 Å². The monoisotopic (exact) mass is 490 g/mol. The summed E-state index contributed by atoms with van der Waals surface area (Å²) in [6.45, 7) is 7.05. The molecule has 1 N–H and O–H groups in total. The van der Waals surface area contributed by atoms with E-state index >= 15 is 0 Å². The molecule has 1 saturated heterocycles. The number of carbonyl (C=O) groups excluding carboxylic acids is 1. The van der Waals surface area contributed by atoms with Crippen LogP contribution in [0.2, 0.25) is 0 Å². The first-order valence-corrected chi connectivity index (χ1v) is 14.3. The molecule has 1 aliphatic carbocycles. The molecule has 0 spiro atoms. The van der Waals surface area contributed by atoms with Crippen LogP contribution in [0.3, 0.4) is 0 Å². The van der Waals surface area contributed by atoms with E-state index in [0.717, 1.165) is 25.5 Å². The number of nitrogens with one attached hydrogen (secondary N) is 1. The maximum absolute atomic E-state index is 13.5. The summed E-state index contributed by atoms with van der Waals surface area (Å²) in [5, 5.41) is 2.70. The molecule has 2 aromatic rings. The second-order valence-corrected chi connectivity index (χ2v) is 14.4. The van der Waals surface area contributed by atoms with Gasteiger partial charge in [0.05, 0.1) is 9.79 Å². The number of benzene rings is 2. The molecule has 2 unspecified atom stereocenters. The van der Waals surface area contributed by atoms with Gasteiger partial charge in [-0.25, -0.2) is 16.8 Å². The molecule has 1 saturated carbocycles. The molecule has 2 atom stereocenters. The topological polar surface area (TPSA) is 101 Å². The second kappa shape index (κ2) is 7.92. The van der Waals surface area contributed by atoms with E-state index in [0.29, 0.717) is 12.2 Å². The fourth-order valence-electron chi connectivity index (χ4n) is 5.61. The third kappa shape index (κ3) is 4.85. The average Bonchev–Trinajstić information content (AvgIpc) is 2.97. The Morgan fingerprint density at radius 3 is 2.27 bits per heavy atom. The minimum atomic E-state index is -3.75. The summed E-state index contributed by atoms with van der Waals surface area (Å²) in [6.07, 6.45) is 3.79. The molecule has 4 rings (SSSR count). The minimum absolute atomic E-state index is 0.0328. The Morgan fingerprint density at radius 2 is 1.64 bits per heavy atom. The van der Waals surface area contributed by atoms with Gasteiger partial charge in [-0.3, -0.25) is 4.79 Å². The maximum atomic E-state index is 13.5.